The number of carbonyl (C=O) groups excluding carboxylic acids is 1. The van der Waals surface area contributed by atoms with E-state index in [1.165, 1.54) is 32.1 Å². The fourth-order valence-electron chi connectivity index (χ4n) is 7.98. The van der Waals surface area contributed by atoms with Crippen LogP contribution in [-0.4, -0.2) is 56.8 Å². The van der Waals surface area contributed by atoms with Gasteiger partial charge in [0.2, 0.25) is 5.91 Å². The summed E-state index contributed by atoms with van der Waals surface area (Å²) in [6, 6.07) is 16.4. The summed E-state index contributed by atoms with van der Waals surface area (Å²) in [6.45, 7) is 2.51. The highest BCUT2D eigenvalue weighted by Crippen LogP contribution is 2.47. The summed E-state index contributed by atoms with van der Waals surface area (Å²) in [4.78, 5) is 20.6. The number of hydrogen-bond donors (Lipinski definition) is 2. The molecule has 2 N–H and O–H groups in total. The van der Waals surface area contributed by atoms with Crippen LogP contribution in [0.15, 0.2) is 61.2 Å². The Hall–Kier alpha value is -2.61. The van der Waals surface area contributed by atoms with E-state index in [-0.39, 0.29) is 17.4 Å². The number of nitrogens with one attached hydrogen (secondary N) is 2. The van der Waals surface area contributed by atoms with Gasteiger partial charge in [-0.3, -0.25) is 9.48 Å². The zero-order valence-electron chi connectivity index (χ0n) is 25.6. The Kier molecular flexibility index (Phi) is 10.5. The van der Waals surface area contributed by atoms with Crippen LogP contribution in [0.3, 0.4) is 0 Å². The van der Waals surface area contributed by atoms with Gasteiger partial charge in [-0.1, -0.05) is 54.6 Å². The van der Waals surface area contributed by atoms with E-state index >= 15 is 0 Å². The number of piperidine rings is 1. The van der Waals surface area contributed by atoms with Crippen molar-refractivity contribution in [3.05, 3.63) is 76.8 Å². The smallest absolute Gasteiger partial charge is 0.240 e. The highest BCUT2D eigenvalue weighted by Gasteiger charge is 2.44. The normalized spacial score (nSPS) is 23.3. The first-order chi connectivity index (χ1) is 21.5. The lowest BCUT2D eigenvalue weighted by Gasteiger charge is -2.48. The molecule has 0 bridgehead atoms. The third-order valence-electron chi connectivity index (χ3n) is 10.5. The lowest BCUT2D eigenvalue weighted by molar-refractivity contribution is -0.137. The van der Waals surface area contributed by atoms with Crippen LogP contribution in [0.1, 0.15) is 76.2 Å². The quantitative estimate of drug-likeness (QED) is 0.242. The highest BCUT2D eigenvalue weighted by molar-refractivity contribution is 6.30. The van der Waals surface area contributed by atoms with E-state index in [9.17, 15) is 4.79 Å². The number of nitrogens with zero attached hydrogens (tertiary/aromatic N) is 4. The fraction of sp³-hybridized carbons (Fsp3) is 0.571. The van der Waals surface area contributed by atoms with Gasteiger partial charge in [0.15, 0.2) is 0 Å². The minimum Gasteiger partial charge on any atom is -0.382 e. The third kappa shape index (κ3) is 7.96. The minimum absolute atomic E-state index is 0.180. The molecule has 9 heteroatoms. The van der Waals surface area contributed by atoms with Crippen LogP contribution in [0.5, 0.6) is 0 Å². The van der Waals surface area contributed by atoms with Crippen molar-refractivity contribution >= 4 is 34.8 Å². The van der Waals surface area contributed by atoms with Crippen molar-refractivity contribution in [2.75, 3.05) is 18.4 Å². The number of amides is 1. The molecule has 1 atom stereocenters. The zero-order valence-corrected chi connectivity index (χ0v) is 27.2. The maximum Gasteiger partial charge on any atom is 0.240 e. The molecule has 1 amide bonds. The molecule has 0 spiro atoms. The van der Waals surface area contributed by atoms with E-state index in [0.29, 0.717) is 24.4 Å². The maximum atomic E-state index is 14.3. The largest absolute Gasteiger partial charge is 0.382 e. The molecule has 2 saturated carbocycles. The van der Waals surface area contributed by atoms with E-state index in [0.717, 1.165) is 79.5 Å². The van der Waals surface area contributed by atoms with Crippen LogP contribution in [0.25, 0.3) is 0 Å². The SMILES string of the molecule is O=C([C@@H](Cc1ccc(Cl)cc1)NC1CCC(Nc2ccc(Cl)cc2)CC1)N1CCC(Cn2cncn2)(C2CCCCC2)CC1. The predicted molar refractivity (Wildman–Crippen MR) is 178 cm³/mol. The van der Waals surface area contributed by atoms with Gasteiger partial charge in [-0.05, 0) is 111 Å². The number of rotatable bonds is 10. The van der Waals surface area contributed by atoms with Crippen LogP contribution >= 0.6 is 23.2 Å². The number of likely N-dealkylation sites (tertiary alicyclic amines) is 1. The summed E-state index contributed by atoms with van der Waals surface area (Å²) in [5.41, 5.74) is 2.43. The van der Waals surface area contributed by atoms with E-state index < -0.39 is 0 Å². The zero-order chi connectivity index (χ0) is 30.4. The van der Waals surface area contributed by atoms with Crippen LogP contribution in [0, 0.1) is 11.3 Å². The summed E-state index contributed by atoms with van der Waals surface area (Å²) in [7, 11) is 0. The number of halogens is 2. The van der Waals surface area contributed by atoms with Crippen molar-refractivity contribution in [2.24, 2.45) is 11.3 Å². The molecule has 3 aliphatic rings. The van der Waals surface area contributed by atoms with Gasteiger partial charge in [0.05, 0.1) is 6.04 Å². The molecule has 2 heterocycles. The molecule has 236 valence electrons. The second kappa shape index (κ2) is 14.7. The van der Waals surface area contributed by atoms with Gasteiger partial charge in [0.25, 0.3) is 0 Å². The summed E-state index contributed by atoms with van der Waals surface area (Å²) >= 11 is 12.3. The Labute approximate surface area is 272 Å². The number of aromatic nitrogens is 3. The van der Waals surface area contributed by atoms with E-state index in [4.69, 9.17) is 23.2 Å². The Morgan fingerprint density at radius 2 is 1.50 bits per heavy atom. The van der Waals surface area contributed by atoms with Gasteiger partial charge in [-0.2, -0.15) is 5.10 Å². The standard InChI is InChI=1S/C35H46Cl2N6O/c36-28-8-6-26(7-9-28)22-33(41-32-16-14-31(15-17-32)40-30-12-10-29(37)11-13-30)34(44)42-20-18-35(19-21-42,23-43-25-38-24-39-43)27-4-2-1-3-5-27/h6-13,24-25,27,31-33,40-41H,1-5,14-23H2/t31?,32?,33-/m1/s1. The van der Waals surface area contributed by atoms with Gasteiger partial charge in [-0.25, -0.2) is 4.98 Å². The molecule has 6 rings (SSSR count). The molecule has 1 saturated heterocycles. The van der Waals surface area contributed by atoms with Crippen LogP contribution in [0.2, 0.25) is 10.0 Å². The van der Waals surface area contributed by atoms with E-state index in [1.54, 1.807) is 6.33 Å². The Morgan fingerprint density at radius 1 is 0.864 bits per heavy atom. The van der Waals surface area contributed by atoms with Crippen LogP contribution in [0.4, 0.5) is 5.69 Å². The van der Waals surface area contributed by atoms with Crippen molar-refractivity contribution in [3.8, 4) is 0 Å². The molecule has 2 aromatic carbocycles. The molecule has 44 heavy (non-hydrogen) atoms. The number of carbonyl (C=O) groups is 1. The first kappa shape index (κ1) is 31.4. The summed E-state index contributed by atoms with van der Waals surface area (Å²) in [5.74, 6) is 0.928. The molecule has 0 radical (unpaired) electrons. The second-order valence-electron chi connectivity index (χ2n) is 13.4. The molecular weight excluding hydrogens is 591 g/mol. The lowest BCUT2D eigenvalue weighted by Crippen LogP contribution is -2.55. The predicted octanol–water partition coefficient (Wildman–Crippen LogP) is 7.40. The summed E-state index contributed by atoms with van der Waals surface area (Å²) < 4.78 is 2.02. The molecule has 1 aromatic heterocycles. The number of benzene rings is 2. The van der Waals surface area contributed by atoms with Crippen molar-refractivity contribution in [1.29, 1.82) is 0 Å². The van der Waals surface area contributed by atoms with Crippen LogP contribution < -0.4 is 10.6 Å². The monoisotopic (exact) mass is 636 g/mol. The number of anilines is 1. The molecule has 2 aliphatic carbocycles. The average Bonchev–Trinajstić information content (AvgIpc) is 3.57. The Bertz CT molecular complexity index is 1310. The Morgan fingerprint density at radius 3 is 2.14 bits per heavy atom. The lowest BCUT2D eigenvalue weighted by atomic mass is 9.63. The first-order valence-corrected chi connectivity index (χ1v) is 17.4. The third-order valence-corrected chi connectivity index (χ3v) is 11.0. The molecule has 3 aromatic rings. The fourth-order valence-corrected chi connectivity index (χ4v) is 8.24. The van der Waals surface area contributed by atoms with Gasteiger partial charge < -0.3 is 15.5 Å². The first-order valence-electron chi connectivity index (χ1n) is 16.6. The molecule has 3 fully saturated rings. The van der Waals surface area contributed by atoms with Gasteiger partial charge >= 0.3 is 0 Å². The Balaban J connectivity index is 1.10. The summed E-state index contributed by atoms with van der Waals surface area (Å²) in [5, 5.41) is 13.5. The minimum atomic E-state index is -0.251. The van der Waals surface area contributed by atoms with Gasteiger partial charge in [-0.15, -0.1) is 0 Å². The molecular formula is C35H46Cl2N6O. The molecule has 1 aliphatic heterocycles. The van der Waals surface area contributed by atoms with Gasteiger partial charge in [0.1, 0.15) is 12.7 Å². The second-order valence-corrected chi connectivity index (χ2v) is 14.2. The van der Waals surface area contributed by atoms with Crippen molar-refractivity contribution in [2.45, 2.75) is 102 Å². The van der Waals surface area contributed by atoms with Crippen molar-refractivity contribution in [3.63, 3.8) is 0 Å². The highest BCUT2D eigenvalue weighted by atomic mass is 35.5. The van der Waals surface area contributed by atoms with E-state index in [1.807, 2.05) is 47.4 Å². The topological polar surface area (TPSA) is 75.1 Å². The van der Waals surface area contributed by atoms with E-state index in [2.05, 4.69) is 37.7 Å². The average molecular weight is 638 g/mol. The molecule has 0 unspecified atom stereocenters. The summed E-state index contributed by atoms with van der Waals surface area (Å²) in [6.07, 6.45) is 17.0. The van der Waals surface area contributed by atoms with Gasteiger partial charge in [0, 0.05) is 47.5 Å². The van der Waals surface area contributed by atoms with Crippen LogP contribution in [-0.2, 0) is 17.8 Å². The van der Waals surface area contributed by atoms with Crippen molar-refractivity contribution < 1.29 is 4.79 Å². The number of hydrogen-bond acceptors (Lipinski definition) is 5. The molecule has 7 nitrogen and oxygen atoms in total. The van der Waals surface area contributed by atoms with Crippen molar-refractivity contribution in [1.82, 2.24) is 25.0 Å². The maximum absolute atomic E-state index is 14.3.